The van der Waals surface area contributed by atoms with Crippen LogP contribution in [-0.4, -0.2) is 29.0 Å². The van der Waals surface area contributed by atoms with Gasteiger partial charge in [-0.3, -0.25) is 4.79 Å². The molecule has 2 atom stereocenters. The van der Waals surface area contributed by atoms with Crippen molar-refractivity contribution in [1.82, 2.24) is 0 Å². The number of esters is 1. The smallest absolute Gasteiger partial charge is 0.313 e. The summed E-state index contributed by atoms with van der Waals surface area (Å²) in [5.74, 6) is -1.48. The van der Waals surface area contributed by atoms with Crippen molar-refractivity contribution in [3.05, 3.63) is 35.9 Å². The number of aliphatic hydroxyl groups excluding tert-OH is 2. The molecule has 1 rings (SSSR count). The van der Waals surface area contributed by atoms with Crippen molar-refractivity contribution in [3.63, 3.8) is 0 Å². The monoisotopic (exact) mass is 239 g/mol. The molecule has 1 aromatic rings. The van der Waals surface area contributed by atoms with Crippen molar-refractivity contribution in [3.8, 4) is 0 Å². The third kappa shape index (κ3) is 4.52. The summed E-state index contributed by atoms with van der Waals surface area (Å²) in [6.07, 6.45) is -1.23. The average Bonchev–Trinajstić information content (AvgIpc) is 2.34. The minimum Gasteiger partial charge on any atom is -0.460 e. The van der Waals surface area contributed by atoms with Gasteiger partial charge in [0, 0.05) is 6.61 Å². The van der Waals surface area contributed by atoms with Gasteiger partial charge in [0.2, 0.25) is 0 Å². The van der Waals surface area contributed by atoms with Crippen LogP contribution in [0.5, 0.6) is 0 Å². The molecule has 1 aromatic carbocycles. The molecule has 0 radical (unpaired) electrons. The Bertz CT molecular complexity index is 340. The van der Waals surface area contributed by atoms with Gasteiger partial charge < -0.3 is 20.7 Å². The molecule has 0 aliphatic carbocycles. The van der Waals surface area contributed by atoms with Gasteiger partial charge in [-0.25, -0.2) is 0 Å². The van der Waals surface area contributed by atoms with Crippen molar-refractivity contribution in [2.24, 2.45) is 11.7 Å². The van der Waals surface area contributed by atoms with E-state index >= 15 is 0 Å². The summed E-state index contributed by atoms with van der Waals surface area (Å²) < 4.78 is 5.01. The topological polar surface area (TPSA) is 92.8 Å². The SMILES string of the molecule is NC(O)C(CCO)C(=O)OCc1ccccc1. The van der Waals surface area contributed by atoms with Gasteiger partial charge in [-0.1, -0.05) is 30.3 Å². The second kappa shape index (κ2) is 7.01. The molecule has 0 aliphatic rings. The van der Waals surface area contributed by atoms with E-state index in [9.17, 15) is 9.90 Å². The predicted molar refractivity (Wildman–Crippen MR) is 61.6 cm³/mol. The van der Waals surface area contributed by atoms with E-state index < -0.39 is 18.1 Å². The Kier molecular flexibility index (Phi) is 5.62. The van der Waals surface area contributed by atoms with Crippen LogP contribution in [0.3, 0.4) is 0 Å². The Morgan fingerprint density at radius 3 is 2.53 bits per heavy atom. The van der Waals surface area contributed by atoms with E-state index in [-0.39, 0.29) is 19.6 Å². The fourth-order valence-corrected chi connectivity index (χ4v) is 1.40. The number of nitrogens with two attached hydrogens (primary N) is 1. The summed E-state index contributed by atoms with van der Waals surface area (Å²) >= 11 is 0. The minimum atomic E-state index is -1.31. The van der Waals surface area contributed by atoms with Crippen LogP contribution in [0.4, 0.5) is 0 Å². The first-order valence-corrected chi connectivity index (χ1v) is 5.40. The van der Waals surface area contributed by atoms with Crippen LogP contribution in [0.1, 0.15) is 12.0 Å². The van der Waals surface area contributed by atoms with E-state index in [1.165, 1.54) is 0 Å². The molecule has 0 aliphatic heterocycles. The Morgan fingerprint density at radius 1 is 1.35 bits per heavy atom. The van der Waals surface area contributed by atoms with E-state index in [1.54, 1.807) is 0 Å². The number of carbonyl (C=O) groups is 1. The zero-order chi connectivity index (χ0) is 12.7. The van der Waals surface area contributed by atoms with Crippen molar-refractivity contribution in [1.29, 1.82) is 0 Å². The number of benzene rings is 1. The van der Waals surface area contributed by atoms with Crippen LogP contribution in [0, 0.1) is 5.92 Å². The fraction of sp³-hybridized carbons (Fsp3) is 0.417. The molecular formula is C12H17NO4. The summed E-state index contributed by atoms with van der Waals surface area (Å²) in [5, 5.41) is 17.9. The van der Waals surface area contributed by atoms with E-state index in [0.29, 0.717) is 0 Å². The first-order valence-electron chi connectivity index (χ1n) is 5.40. The molecule has 2 unspecified atom stereocenters. The third-order valence-corrected chi connectivity index (χ3v) is 2.38. The van der Waals surface area contributed by atoms with Crippen LogP contribution < -0.4 is 5.73 Å². The van der Waals surface area contributed by atoms with E-state index in [0.717, 1.165) is 5.56 Å². The lowest BCUT2D eigenvalue weighted by molar-refractivity contribution is -0.154. The standard InChI is InChI=1S/C12H17NO4/c13-11(15)10(6-7-14)12(16)17-8-9-4-2-1-3-5-9/h1-5,10-11,14-15H,6-8,13H2. The number of carbonyl (C=O) groups excluding carboxylic acids is 1. The summed E-state index contributed by atoms with van der Waals surface area (Å²) in [6.45, 7) is -0.0896. The van der Waals surface area contributed by atoms with Gasteiger partial charge >= 0.3 is 5.97 Å². The summed E-state index contributed by atoms with van der Waals surface area (Å²) in [7, 11) is 0. The van der Waals surface area contributed by atoms with Crippen molar-refractivity contribution < 1.29 is 19.7 Å². The first kappa shape index (κ1) is 13.6. The highest BCUT2D eigenvalue weighted by molar-refractivity contribution is 5.73. The molecule has 0 fully saturated rings. The molecule has 5 nitrogen and oxygen atoms in total. The van der Waals surface area contributed by atoms with Crippen molar-refractivity contribution >= 4 is 5.97 Å². The average molecular weight is 239 g/mol. The second-order valence-electron chi connectivity index (χ2n) is 3.70. The van der Waals surface area contributed by atoms with Gasteiger partial charge in [-0.2, -0.15) is 0 Å². The molecule has 0 saturated heterocycles. The van der Waals surface area contributed by atoms with Crippen LogP contribution in [0.15, 0.2) is 30.3 Å². The maximum absolute atomic E-state index is 11.6. The Balaban J connectivity index is 2.47. The van der Waals surface area contributed by atoms with Crippen LogP contribution in [-0.2, 0) is 16.1 Å². The summed E-state index contributed by atoms with van der Waals surface area (Å²) in [6, 6.07) is 9.20. The Morgan fingerprint density at radius 2 is 2.00 bits per heavy atom. The number of hydrogen-bond donors (Lipinski definition) is 3. The maximum atomic E-state index is 11.6. The number of rotatable bonds is 6. The molecule has 94 valence electrons. The van der Waals surface area contributed by atoms with Crippen LogP contribution in [0.2, 0.25) is 0 Å². The predicted octanol–water partition coefficient (Wildman–Crippen LogP) is 0.00550. The van der Waals surface area contributed by atoms with E-state index in [1.807, 2.05) is 30.3 Å². The van der Waals surface area contributed by atoms with Crippen molar-refractivity contribution in [2.75, 3.05) is 6.61 Å². The van der Waals surface area contributed by atoms with Gasteiger partial charge in [-0.05, 0) is 12.0 Å². The third-order valence-electron chi connectivity index (χ3n) is 2.38. The molecular weight excluding hydrogens is 222 g/mol. The molecule has 0 aromatic heterocycles. The molecule has 0 saturated carbocycles. The lowest BCUT2D eigenvalue weighted by atomic mass is 10.1. The maximum Gasteiger partial charge on any atom is 0.313 e. The number of ether oxygens (including phenoxy) is 1. The van der Waals surface area contributed by atoms with Crippen LogP contribution in [0.25, 0.3) is 0 Å². The van der Waals surface area contributed by atoms with Crippen molar-refractivity contribution in [2.45, 2.75) is 19.3 Å². The van der Waals surface area contributed by atoms with E-state index in [4.69, 9.17) is 15.6 Å². The summed E-state index contributed by atoms with van der Waals surface area (Å²) in [4.78, 5) is 11.6. The molecule has 17 heavy (non-hydrogen) atoms. The number of hydrogen-bond acceptors (Lipinski definition) is 5. The molecule has 4 N–H and O–H groups in total. The number of aliphatic hydroxyl groups is 2. The zero-order valence-corrected chi connectivity index (χ0v) is 9.45. The molecule has 0 heterocycles. The Labute approximate surface area is 99.8 Å². The first-order chi connectivity index (χ1) is 8.15. The van der Waals surface area contributed by atoms with Gasteiger partial charge in [0.05, 0.1) is 5.92 Å². The van der Waals surface area contributed by atoms with Gasteiger partial charge in [0.25, 0.3) is 0 Å². The van der Waals surface area contributed by atoms with Crippen LogP contribution >= 0.6 is 0 Å². The quantitative estimate of drug-likeness (QED) is 0.480. The molecule has 5 heteroatoms. The lowest BCUT2D eigenvalue weighted by Gasteiger charge is -2.17. The zero-order valence-electron chi connectivity index (χ0n) is 9.45. The van der Waals surface area contributed by atoms with Gasteiger partial charge in [0.15, 0.2) is 0 Å². The minimum absolute atomic E-state index is 0.0886. The normalized spacial score (nSPS) is 14.1. The fourth-order valence-electron chi connectivity index (χ4n) is 1.40. The highest BCUT2D eigenvalue weighted by Crippen LogP contribution is 2.10. The van der Waals surface area contributed by atoms with E-state index in [2.05, 4.69) is 0 Å². The lowest BCUT2D eigenvalue weighted by Crippen LogP contribution is -2.36. The molecule has 0 spiro atoms. The highest BCUT2D eigenvalue weighted by atomic mass is 16.5. The summed E-state index contributed by atoms with van der Waals surface area (Å²) in [5.41, 5.74) is 6.09. The second-order valence-corrected chi connectivity index (χ2v) is 3.70. The van der Waals surface area contributed by atoms with Gasteiger partial charge in [-0.15, -0.1) is 0 Å². The molecule has 0 bridgehead atoms. The molecule has 0 amide bonds. The Hall–Kier alpha value is -1.43. The van der Waals surface area contributed by atoms with Gasteiger partial charge in [0.1, 0.15) is 12.8 Å². The highest BCUT2D eigenvalue weighted by Gasteiger charge is 2.25. The largest absolute Gasteiger partial charge is 0.460 e.